The van der Waals surface area contributed by atoms with Crippen LogP contribution in [-0.4, -0.2) is 7.11 Å². The van der Waals surface area contributed by atoms with Gasteiger partial charge in [0, 0.05) is 0 Å². The maximum Gasteiger partial charge on any atom is 0.137 e. The van der Waals surface area contributed by atoms with Crippen molar-refractivity contribution in [1.29, 1.82) is 0 Å². The number of rotatable bonds is 5. The first-order chi connectivity index (χ1) is 9.15. The van der Waals surface area contributed by atoms with Crippen LogP contribution in [0.4, 0.5) is 4.39 Å². The lowest BCUT2D eigenvalue weighted by atomic mass is 10.0. The second-order valence-electron chi connectivity index (χ2n) is 4.03. The van der Waals surface area contributed by atoms with E-state index in [2.05, 4.69) is 21.4 Å². The number of halogens is 2. The second kappa shape index (κ2) is 6.47. The summed E-state index contributed by atoms with van der Waals surface area (Å²) in [6, 6.07) is 6.81. The molecule has 0 radical (unpaired) electrons. The highest BCUT2D eigenvalue weighted by atomic mass is 79.9. The smallest absolute Gasteiger partial charge is 0.137 e. The van der Waals surface area contributed by atoms with Crippen LogP contribution in [0.15, 0.2) is 34.1 Å². The Hall–Kier alpha value is -0.950. The summed E-state index contributed by atoms with van der Waals surface area (Å²) in [7, 11) is 1.63. The molecule has 1 atom stereocenters. The number of ether oxygens (including phenoxy) is 1. The maximum atomic E-state index is 13.2. The van der Waals surface area contributed by atoms with Crippen molar-refractivity contribution in [2.45, 2.75) is 12.5 Å². The molecule has 2 aromatic rings. The molecule has 0 fully saturated rings. The van der Waals surface area contributed by atoms with E-state index in [1.54, 1.807) is 30.6 Å². The molecule has 2 rings (SSSR count). The molecule has 0 aliphatic heterocycles. The minimum absolute atomic E-state index is 0.0627. The summed E-state index contributed by atoms with van der Waals surface area (Å²) in [5.41, 5.74) is 3.78. The van der Waals surface area contributed by atoms with Crippen LogP contribution < -0.4 is 16.0 Å². The third kappa shape index (κ3) is 3.33. The molecule has 3 nitrogen and oxygen atoms in total. The Morgan fingerprint density at radius 3 is 2.89 bits per heavy atom. The van der Waals surface area contributed by atoms with E-state index in [1.807, 2.05) is 11.4 Å². The second-order valence-corrected chi connectivity index (χ2v) is 5.83. The first-order valence-electron chi connectivity index (χ1n) is 5.67. The number of hydrazine groups is 1. The lowest BCUT2D eigenvalue weighted by Crippen LogP contribution is -2.29. The Kier molecular flexibility index (Phi) is 4.93. The average molecular weight is 345 g/mol. The van der Waals surface area contributed by atoms with Gasteiger partial charge in [0.05, 0.1) is 22.5 Å². The van der Waals surface area contributed by atoms with Crippen LogP contribution in [0.1, 0.15) is 16.5 Å². The monoisotopic (exact) mass is 344 g/mol. The fraction of sp³-hybridized carbons (Fsp3) is 0.231. The number of hydrogen-bond acceptors (Lipinski definition) is 4. The fourth-order valence-corrected chi connectivity index (χ4v) is 3.21. The molecule has 0 aliphatic rings. The van der Waals surface area contributed by atoms with Gasteiger partial charge in [-0.3, -0.25) is 11.3 Å². The molecule has 0 aliphatic carbocycles. The molecule has 1 unspecified atom stereocenters. The van der Waals surface area contributed by atoms with Crippen molar-refractivity contribution < 1.29 is 9.13 Å². The van der Waals surface area contributed by atoms with Crippen molar-refractivity contribution >= 4 is 27.3 Å². The molecule has 6 heteroatoms. The summed E-state index contributed by atoms with van der Waals surface area (Å²) in [4.78, 5) is 1.03. The van der Waals surface area contributed by atoms with Crippen molar-refractivity contribution in [3.63, 3.8) is 0 Å². The van der Waals surface area contributed by atoms with Gasteiger partial charge in [0.15, 0.2) is 0 Å². The highest BCUT2D eigenvalue weighted by Gasteiger charge is 2.17. The van der Waals surface area contributed by atoms with Gasteiger partial charge in [-0.1, -0.05) is 6.07 Å². The summed E-state index contributed by atoms with van der Waals surface area (Å²) in [6.45, 7) is 0. The van der Waals surface area contributed by atoms with E-state index in [1.165, 1.54) is 6.07 Å². The molecule has 0 bridgehead atoms. The number of nitrogens with one attached hydrogen (secondary N) is 1. The Labute approximate surface area is 123 Å². The molecule has 0 spiro atoms. The number of benzene rings is 1. The molecule has 0 saturated carbocycles. The van der Waals surface area contributed by atoms with Crippen LogP contribution in [0.3, 0.4) is 0 Å². The molecule has 3 N–H and O–H groups in total. The predicted octanol–water partition coefficient (Wildman–Crippen LogP) is 3.41. The normalized spacial score (nSPS) is 12.4. The zero-order chi connectivity index (χ0) is 13.8. The van der Waals surface area contributed by atoms with Crippen LogP contribution in [0, 0.1) is 5.82 Å². The van der Waals surface area contributed by atoms with Crippen molar-refractivity contribution in [2.24, 2.45) is 5.84 Å². The summed E-state index contributed by atoms with van der Waals surface area (Å²) < 4.78 is 19.0. The van der Waals surface area contributed by atoms with Crippen LogP contribution in [-0.2, 0) is 6.42 Å². The zero-order valence-corrected chi connectivity index (χ0v) is 12.7. The molecule has 102 valence electrons. The molecular weight excluding hydrogens is 331 g/mol. The first-order valence-corrected chi connectivity index (χ1v) is 7.34. The minimum Gasteiger partial charge on any atom is -0.496 e. The lowest BCUT2D eigenvalue weighted by molar-refractivity contribution is 0.403. The van der Waals surface area contributed by atoms with Gasteiger partial charge in [-0.05, 0) is 51.5 Å². The Balaban J connectivity index is 2.21. The maximum absolute atomic E-state index is 13.2. The molecule has 1 aromatic heterocycles. The topological polar surface area (TPSA) is 47.3 Å². The number of hydrogen-bond donors (Lipinski definition) is 2. The van der Waals surface area contributed by atoms with E-state index < -0.39 is 0 Å². The summed E-state index contributed by atoms with van der Waals surface area (Å²) in [5.74, 6) is 6.16. The number of methoxy groups -OCH3 is 1. The number of thiophene rings is 1. The minimum atomic E-state index is -0.269. The van der Waals surface area contributed by atoms with Crippen molar-refractivity contribution in [3.8, 4) is 5.75 Å². The lowest BCUT2D eigenvalue weighted by Gasteiger charge is -2.16. The molecule has 0 amide bonds. The first kappa shape index (κ1) is 14.5. The van der Waals surface area contributed by atoms with Crippen molar-refractivity contribution in [2.75, 3.05) is 7.11 Å². The van der Waals surface area contributed by atoms with E-state index in [0.29, 0.717) is 10.9 Å². The van der Waals surface area contributed by atoms with E-state index >= 15 is 0 Å². The molecule has 19 heavy (non-hydrogen) atoms. The van der Waals surface area contributed by atoms with Gasteiger partial charge < -0.3 is 4.74 Å². The Morgan fingerprint density at radius 2 is 2.26 bits per heavy atom. The van der Waals surface area contributed by atoms with Gasteiger partial charge in [-0.15, -0.1) is 11.3 Å². The highest BCUT2D eigenvalue weighted by Crippen LogP contribution is 2.32. The van der Waals surface area contributed by atoms with E-state index in [-0.39, 0.29) is 11.9 Å². The molecule has 0 saturated heterocycles. The van der Waals surface area contributed by atoms with Crippen LogP contribution in [0.5, 0.6) is 5.75 Å². The summed E-state index contributed by atoms with van der Waals surface area (Å²) in [6.07, 6.45) is 0.659. The van der Waals surface area contributed by atoms with Gasteiger partial charge >= 0.3 is 0 Å². The SMILES string of the molecule is COc1ccsc1C(Cc1ccc(F)c(Br)c1)NN. The van der Waals surface area contributed by atoms with Crippen molar-refractivity contribution in [3.05, 3.63) is 50.4 Å². The largest absolute Gasteiger partial charge is 0.496 e. The molecule has 1 aromatic carbocycles. The molecule has 1 heterocycles. The quantitative estimate of drug-likeness (QED) is 0.645. The van der Waals surface area contributed by atoms with Gasteiger partial charge in [0.2, 0.25) is 0 Å². The summed E-state index contributed by atoms with van der Waals surface area (Å²) >= 11 is 4.77. The van der Waals surface area contributed by atoms with E-state index in [4.69, 9.17) is 10.6 Å². The number of nitrogens with two attached hydrogens (primary N) is 1. The van der Waals surface area contributed by atoms with Gasteiger partial charge in [-0.2, -0.15) is 0 Å². The van der Waals surface area contributed by atoms with E-state index in [0.717, 1.165) is 16.2 Å². The van der Waals surface area contributed by atoms with Crippen molar-refractivity contribution in [1.82, 2.24) is 5.43 Å². The third-order valence-electron chi connectivity index (χ3n) is 2.82. The third-order valence-corrected chi connectivity index (χ3v) is 4.44. The molecular formula is C13H14BrFN2OS. The van der Waals surface area contributed by atoms with E-state index in [9.17, 15) is 4.39 Å². The van der Waals surface area contributed by atoms with Crippen LogP contribution in [0.25, 0.3) is 0 Å². The Bertz CT molecular complexity index is 561. The summed E-state index contributed by atoms with van der Waals surface area (Å²) in [5, 5.41) is 1.96. The van der Waals surface area contributed by atoms with Gasteiger partial charge in [-0.25, -0.2) is 4.39 Å². The Morgan fingerprint density at radius 1 is 1.47 bits per heavy atom. The fourth-order valence-electron chi connectivity index (χ4n) is 1.86. The van der Waals surface area contributed by atoms with Gasteiger partial charge in [0.25, 0.3) is 0 Å². The van der Waals surface area contributed by atoms with Gasteiger partial charge in [0.1, 0.15) is 11.6 Å². The highest BCUT2D eigenvalue weighted by molar-refractivity contribution is 9.10. The standard InChI is InChI=1S/C13H14BrFN2OS/c1-18-12-4-5-19-13(12)11(17-16)7-8-2-3-10(15)9(14)6-8/h2-6,11,17H,7,16H2,1H3. The zero-order valence-electron chi connectivity index (χ0n) is 10.3. The van der Waals surface area contributed by atoms with Crippen LogP contribution >= 0.6 is 27.3 Å². The van der Waals surface area contributed by atoms with Crippen LogP contribution in [0.2, 0.25) is 0 Å². The average Bonchev–Trinajstić information content (AvgIpc) is 2.88. The predicted molar refractivity (Wildman–Crippen MR) is 78.7 cm³/mol.